The Kier molecular flexibility index (Phi) is 5.39. The summed E-state index contributed by atoms with van der Waals surface area (Å²) in [6.45, 7) is 3.00. The van der Waals surface area contributed by atoms with E-state index < -0.39 is 0 Å². The molecule has 2 amide bonds. The summed E-state index contributed by atoms with van der Waals surface area (Å²) in [5, 5.41) is 3.65. The fourth-order valence-electron chi connectivity index (χ4n) is 3.10. The molecule has 4 nitrogen and oxygen atoms in total. The van der Waals surface area contributed by atoms with Crippen molar-refractivity contribution >= 4 is 29.1 Å². The Morgan fingerprint density at radius 1 is 1.20 bits per heavy atom. The summed E-state index contributed by atoms with van der Waals surface area (Å²) in [6, 6.07) is 15.2. The molecule has 25 heavy (non-hydrogen) atoms. The number of anilines is 1. The number of halogens is 1. The van der Waals surface area contributed by atoms with Crippen LogP contribution in [0.15, 0.2) is 48.5 Å². The molecule has 1 atom stereocenters. The zero-order valence-corrected chi connectivity index (χ0v) is 14.9. The second-order valence-electron chi connectivity index (χ2n) is 6.30. The lowest BCUT2D eigenvalue weighted by Crippen LogP contribution is -2.28. The normalized spacial score (nSPS) is 17.0. The van der Waals surface area contributed by atoms with Crippen molar-refractivity contribution in [1.82, 2.24) is 4.90 Å². The van der Waals surface area contributed by atoms with E-state index in [1.54, 1.807) is 4.90 Å². The zero-order chi connectivity index (χ0) is 17.8. The minimum atomic E-state index is -0.315. The number of hydrogen-bond acceptors (Lipinski definition) is 2. The van der Waals surface area contributed by atoms with E-state index in [4.69, 9.17) is 11.6 Å². The maximum absolute atomic E-state index is 12.6. The first-order chi connectivity index (χ1) is 12.1. The maximum Gasteiger partial charge on any atom is 0.229 e. The third-order valence-corrected chi connectivity index (χ3v) is 4.78. The predicted molar refractivity (Wildman–Crippen MR) is 99.4 cm³/mol. The molecule has 1 unspecified atom stereocenters. The summed E-state index contributed by atoms with van der Waals surface area (Å²) in [4.78, 5) is 26.6. The lowest BCUT2D eigenvalue weighted by Gasteiger charge is -2.17. The van der Waals surface area contributed by atoms with Gasteiger partial charge in [-0.15, -0.1) is 0 Å². The Hall–Kier alpha value is -2.33. The van der Waals surface area contributed by atoms with E-state index in [0.717, 1.165) is 23.2 Å². The van der Waals surface area contributed by atoms with Gasteiger partial charge in [-0.05, 0) is 35.7 Å². The van der Waals surface area contributed by atoms with Gasteiger partial charge in [-0.3, -0.25) is 9.59 Å². The van der Waals surface area contributed by atoms with Crippen molar-refractivity contribution in [2.45, 2.75) is 26.3 Å². The molecule has 1 heterocycles. The molecule has 3 rings (SSSR count). The summed E-state index contributed by atoms with van der Waals surface area (Å²) in [6.07, 6.45) is 1.11. The van der Waals surface area contributed by atoms with Gasteiger partial charge in [-0.2, -0.15) is 0 Å². The standard InChI is InChI=1S/C20H21ClN2O2/c1-2-15-5-3-4-6-18(15)22-20(25)16-11-19(24)23(13-16)12-14-7-9-17(21)10-8-14/h3-10,16H,2,11-13H2,1H3,(H,22,25). The molecule has 2 aromatic carbocycles. The Balaban J connectivity index is 1.63. The van der Waals surface area contributed by atoms with E-state index in [2.05, 4.69) is 12.2 Å². The molecule has 1 N–H and O–H groups in total. The average Bonchev–Trinajstić information content (AvgIpc) is 2.98. The zero-order valence-electron chi connectivity index (χ0n) is 14.2. The van der Waals surface area contributed by atoms with Gasteiger partial charge in [0.2, 0.25) is 11.8 Å². The van der Waals surface area contributed by atoms with Crippen molar-refractivity contribution in [3.05, 3.63) is 64.7 Å². The number of carbonyl (C=O) groups excluding carboxylic acids is 2. The monoisotopic (exact) mass is 356 g/mol. The van der Waals surface area contributed by atoms with Gasteiger partial charge in [-0.1, -0.05) is 48.9 Å². The van der Waals surface area contributed by atoms with Crippen LogP contribution in [0.3, 0.4) is 0 Å². The lowest BCUT2D eigenvalue weighted by molar-refractivity contribution is -0.128. The second-order valence-corrected chi connectivity index (χ2v) is 6.74. The van der Waals surface area contributed by atoms with Crippen LogP contribution < -0.4 is 5.32 Å². The van der Waals surface area contributed by atoms with Crippen LogP contribution in [-0.2, 0) is 22.6 Å². The highest BCUT2D eigenvalue weighted by Gasteiger charge is 2.34. The molecule has 1 aliphatic rings. The topological polar surface area (TPSA) is 49.4 Å². The van der Waals surface area contributed by atoms with Crippen LogP contribution in [-0.4, -0.2) is 23.3 Å². The number of nitrogens with zero attached hydrogens (tertiary/aromatic N) is 1. The molecule has 0 aromatic heterocycles. The fourth-order valence-corrected chi connectivity index (χ4v) is 3.22. The first-order valence-corrected chi connectivity index (χ1v) is 8.85. The molecule has 2 aromatic rings. The van der Waals surface area contributed by atoms with Crippen molar-refractivity contribution in [3.63, 3.8) is 0 Å². The van der Waals surface area contributed by atoms with Crippen molar-refractivity contribution in [2.24, 2.45) is 5.92 Å². The number of amides is 2. The molecular formula is C20H21ClN2O2. The Labute approximate surface area is 152 Å². The van der Waals surface area contributed by atoms with Crippen LogP contribution in [0.1, 0.15) is 24.5 Å². The highest BCUT2D eigenvalue weighted by molar-refractivity contribution is 6.30. The van der Waals surface area contributed by atoms with Gasteiger partial charge in [-0.25, -0.2) is 0 Å². The predicted octanol–water partition coefficient (Wildman–Crippen LogP) is 3.89. The minimum Gasteiger partial charge on any atom is -0.338 e. The van der Waals surface area contributed by atoms with E-state index in [0.29, 0.717) is 18.1 Å². The number of aryl methyl sites for hydroxylation is 1. The van der Waals surface area contributed by atoms with Gasteiger partial charge >= 0.3 is 0 Å². The summed E-state index contributed by atoms with van der Waals surface area (Å²) in [7, 11) is 0. The van der Waals surface area contributed by atoms with Crippen LogP contribution in [0.4, 0.5) is 5.69 Å². The van der Waals surface area contributed by atoms with E-state index in [-0.39, 0.29) is 24.2 Å². The van der Waals surface area contributed by atoms with Gasteiger partial charge < -0.3 is 10.2 Å². The minimum absolute atomic E-state index is 0.0128. The first kappa shape index (κ1) is 17.5. The molecule has 1 fully saturated rings. The summed E-state index contributed by atoms with van der Waals surface area (Å²) in [5.41, 5.74) is 2.94. The molecule has 0 spiro atoms. The van der Waals surface area contributed by atoms with E-state index in [1.807, 2.05) is 48.5 Å². The van der Waals surface area contributed by atoms with Crippen LogP contribution in [0.2, 0.25) is 5.02 Å². The van der Waals surface area contributed by atoms with Crippen molar-refractivity contribution in [2.75, 3.05) is 11.9 Å². The van der Waals surface area contributed by atoms with Crippen molar-refractivity contribution in [1.29, 1.82) is 0 Å². The Bertz CT molecular complexity index is 774. The number of likely N-dealkylation sites (tertiary alicyclic amines) is 1. The third kappa shape index (κ3) is 4.20. The molecule has 5 heteroatoms. The maximum atomic E-state index is 12.6. The Morgan fingerprint density at radius 3 is 2.64 bits per heavy atom. The SMILES string of the molecule is CCc1ccccc1NC(=O)C1CC(=O)N(Cc2ccc(Cl)cc2)C1. The van der Waals surface area contributed by atoms with Crippen LogP contribution in [0.5, 0.6) is 0 Å². The van der Waals surface area contributed by atoms with Gasteiger partial charge in [0.25, 0.3) is 0 Å². The highest BCUT2D eigenvalue weighted by atomic mass is 35.5. The summed E-state index contributed by atoms with van der Waals surface area (Å²) >= 11 is 5.89. The van der Waals surface area contributed by atoms with E-state index >= 15 is 0 Å². The second kappa shape index (κ2) is 7.70. The number of rotatable bonds is 5. The molecule has 0 bridgehead atoms. The Morgan fingerprint density at radius 2 is 1.92 bits per heavy atom. The van der Waals surface area contributed by atoms with Gasteiger partial charge in [0.15, 0.2) is 0 Å². The number of benzene rings is 2. The van der Waals surface area contributed by atoms with Crippen LogP contribution in [0.25, 0.3) is 0 Å². The fraction of sp³-hybridized carbons (Fsp3) is 0.300. The molecule has 0 radical (unpaired) electrons. The molecule has 0 aliphatic carbocycles. The highest BCUT2D eigenvalue weighted by Crippen LogP contribution is 2.23. The van der Waals surface area contributed by atoms with Crippen LogP contribution in [0, 0.1) is 5.92 Å². The molecular weight excluding hydrogens is 336 g/mol. The van der Waals surface area contributed by atoms with Gasteiger partial charge in [0, 0.05) is 30.2 Å². The van der Waals surface area contributed by atoms with Gasteiger partial charge in [0.05, 0.1) is 5.92 Å². The molecule has 1 saturated heterocycles. The summed E-state index contributed by atoms with van der Waals surface area (Å²) < 4.78 is 0. The molecule has 130 valence electrons. The smallest absolute Gasteiger partial charge is 0.229 e. The van der Waals surface area contributed by atoms with Crippen LogP contribution >= 0.6 is 11.6 Å². The number of nitrogens with one attached hydrogen (secondary N) is 1. The van der Waals surface area contributed by atoms with Crippen molar-refractivity contribution < 1.29 is 9.59 Å². The first-order valence-electron chi connectivity index (χ1n) is 8.47. The lowest BCUT2D eigenvalue weighted by atomic mass is 10.1. The van der Waals surface area contributed by atoms with E-state index in [9.17, 15) is 9.59 Å². The number of hydrogen-bond donors (Lipinski definition) is 1. The quantitative estimate of drug-likeness (QED) is 0.883. The largest absolute Gasteiger partial charge is 0.338 e. The van der Waals surface area contributed by atoms with Gasteiger partial charge in [0.1, 0.15) is 0 Å². The third-order valence-electron chi connectivity index (χ3n) is 4.53. The number of carbonyl (C=O) groups is 2. The molecule has 0 saturated carbocycles. The average molecular weight is 357 g/mol. The van der Waals surface area contributed by atoms with E-state index in [1.165, 1.54) is 0 Å². The summed E-state index contributed by atoms with van der Waals surface area (Å²) in [5.74, 6) is -0.392. The van der Waals surface area contributed by atoms with Crippen molar-refractivity contribution in [3.8, 4) is 0 Å². The number of para-hydroxylation sites is 1. The molecule has 1 aliphatic heterocycles.